The second kappa shape index (κ2) is 11.3. The lowest BCUT2D eigenvalue weighted by atomic mass is 10.1. The normalized spacial score (nSPS) is 10.0. The molecule has 0 bridgehead atoms. The van der Waals surface area contributed by atoms with E-state index in [2.05, 4.69) is 10.6 Å². The number of carbonyl (C=O) groups is 2. The summed E-state index contributed by atoms with van der Waals surface area (Å²) in [6.45, 7) is 1.99. The Morgan fingerprint density at radius 2 is 1.18 bits per heavy atom. The Kier molecular flexibility index (Phi) is 10.6. The van der Waals surface area contributed by atoms with Gasteiger partial charge in [0.15, 0.2) is 0 Å². The average molecular weight is 244 g/mol. The zero-order valence-electron chi connectivity index (χ0n) is 10.3. The molecule has 100 valence electrons. The van der Waals surface area contributed by atoms with Crippen LogP contribution < -0.4 is 22.1 Å². The topological polar surface area (TPSA) is 110 Å². The second-order valence-corrected chi connectivity index (χ2v) is 3.84. The van der Waals surface area contributed by atoms with Crippen LogP contribution in [0.1, 0.15) is 32.1 Å². The number of hydrogen-bond acceptors (Lipinski definition) is 4. The maximum absolute atomic E-state index is 11.2. The zero-order chi connectivity index (χ0) is 12.9. The third-order valence-corrected chi connectivity index (χ3v) is 2.24. The number of carbonyl (C=O) groups excluding carboxylic acids is 2. The molecule has 0 aliphatic carbocycles. The smallest absolute Gasteiger partial charge is 0.220 e. The van der Waals surface area contributed by atoms with Gasteiger partial charge in [-0.15, -0.1) is 0 Å². The molecule has 0 aliphatic rings. The summed E-state index contributed by atoms with van der Waals surface area (Å²) < 4.78 is 0. The third kappa shape index (κ3) is 11.1. The third-order valence-electron chi connectivity index (χ3n) is 2.24. The van der Waals surface area contributed by atoms with Gasteiger partial charge in [-0.25, -0.2) is 0 Å². The van der Waals surface area contributed by atoms with Crippen LogP contribution in [0.5, 0.6) is 0 Å². The van der Waals surface area contributed by atoms with E-state index >= 15 is 0 Å². The molecule has 0 aromatic heterocycles. The van der Waals surface area contributed by atoms with Gasteiger partial charge in [-0.1, -0.05) is 6.42 Å². The van der Waals surface area contributed by atoms with Crippen molar-refractivity contribution in [1.82, 2.24) is 10.6 Å². The minimum Gasteiger partial charge on any atom is -0.355 e. The van der Waals surface area contributed by atoms with E-state index in [0.717, 1.165) is 19.3 Å². The second-order valence-electron chi connectivity index (χ2n) is 3.84. The van der Waals surface area contributed by atoms with Crippen molar-refractivity contribution < 1.29 is 9.59 Å². The van der Waals surface area contributed by atoms with Crippen molar-refractivity contribution in [3.8, 4) is 0 Å². The summed E-state index contributed by atoms with van der Waals surface area (Å²) >= 11 is 0. The zero-order valence-corrected chi connectivity index (χ0v) is 10.3. The molecule has 0 rings (SSSR count). The Hall–Kier alpha value is -1.14. The predicted molar refractivity (Wildman–Crippen MR) is 67.2 cm³/mol. The molecule has 6 heteroatoms. The molecule has 17 heavy (non-hydrogen) atoms. The van der Waals surface area contributed by atoms with Gasteiger partial charge >= 0.3 is 0 Å². The molecular formula is C11H24N4O2. The number of unbranched alkanes of at least 4 members (excludes halogenated alkanes) is 2. The summed E-state index contributed by atoms with van der Waals surface area (Å²) in [5, 5.41) is 5.41. The van der Waals surface area contributed by atoms with Gasteiger partial charge in [0, 0.05) is 39.0 Å². The van der Waals surface area contributed by atoms with Crippen molar-refractivity contribution in [2.45, 2.75) is 32.1 Å². The molecule has 0 fully saturated rings. The van der Waals surface area contributed by atoms with Crippen molar-refractivity contribution in [3.05, 3.63) is 0 Å². The quantitative estimate of drug-likeness (QED) is 0.373. The molecule has 0 radical (unpaired) electrons. The predicted octanol–water partition coefficient (Wildman–Crippen LogP) is -0.913. The lowest BCUT2D eigenvalue weighted by Gasteiger charge is -2.04. The van der Waals surface area contributed by atoms with Gasteiger partial charge in [-0.3, -0.25) is 9.59 Å². The summed E-state index contributed by atoms with van der Waals surface area (Å²) in [5.41, 5.74) is 10.5. The minimum atomic E-state index is 0.0306. The van der Waals surface area contributed by atoms with Crippen molar-refractivity contribution >= 4 is 11.8 Å². The van der Waals surface area contributed by atoms with E-state index in [1.807, 2.05) is 0 Å². The Labute approximate surface area is 102 Å². The number of rotatable bonds is 10. The highest BCUT2D eigenvalue weighted by Gasteiger charge is 2.02. The first kappa shape index (κ1) is 15.9. The number of amides is 2. The lowest BCUT2D eigenvalue weighted by Crippen LogP contribution is -2.29. The molecule has 0 aliphatic heterocycles. The minimum absolute atomic E-state index is 0.0306. The monoisotopic (exact) mass is 244 g/mol. The largest absolute Gasteiger partial charge is 0.355 e. The standard InChI is InChI=1S/C11H24N4O2/c12-6-8-14-10(16)4-2-1-3-5-11(17)15-9-7-13/h1-9,12-13H2,(H,14,16)(H,15,17). The van der Waals surface area contributed by atoms with E-state index in [-0.39, 0.29) is 11.8 Å². The first-order chi connectivity index (χ1) is 8.20. The summed E-state index contributed by atoms with van der Waals surface area (Å²) in [6.07, 6.45) is 3.50. The molecule has 0 heterocycles. The van der Waals surface area contributed by atoms with Crippen LogP contribution in [0.4, 0.5) is 0 Å². The van der Waals surface area contributed by atoms with Crippen LogP contribution in [-0.2, 0) is 9.59 Å². The Balaban J connectivity index is 3.28. The van der Waals surface area contributed by atoms with Crippen molar-refractivity contribution in [3.63, 3.8) is 0 Å². The molecule has 6 N–H and O–H groups in total. The van der Waals surface area contributed by atoms with E-state index in [4.69, 9.17) is 11.5 Å². The van der Waals surface area contributed by atoms with Crippen molar-refractivity contribution in [2.75, 3.05) is 26.2 Å². The fourth-order valence-corrected chi connectivity index (χ4v) is 1.35. The van der Waals surface area contributed by atoms with E-state index in [0.29, 0.717) is 39.0 Å². The molecule has 0 aromatic carbocycles. The van der Waals surface area contributed by atoms with Crippen LogP contribution in [-0.4, -0.2) is 38.0 Å². The van der Waals surface area contributed by atoms with Gasteiger partial charge in [0.25, 0.3) is 0 Å². The molecule has 0 unspecified atom stereocenters. The summed E-state index contributed by atoms with van der Waals surface area (Å²) in [7, 11) is 0. The first-order valence-corrected chi connectivity index (χ1v) is 6.14. The van der Waals surface area contributed by atoms with Crippen LogP contribution in [0.2, 0.25) is 0 Å². The van der Waals surface area contributed by atoms with Gasteiger partial charge in [0.05, 0.1) is 0 Å². The summed E-state index contributed by atoms with van der Waals surface area (Å²) in [6, 6.07) is 0. The molecule has 2 amide bonds. The highest BCUT2D eigenvalue weighted by atomic mass is 16.2. The van der Waals surface area contributed by atoms with Crippen LogP contribution in [0.15, 0.2) is 0 Å². The van der Waals surface area contributed by atoms with Crippen LogP contribution in [0.3, 0.4) is 0 Å². The molecule has 0 atom stereocenters. The summed E-state index contributed by atoms with van der Waals surface area (Å²) in [5.74, 6) is 0.0612. The van der Waals surface area contributed by atoms with E-state index in [1.165, 1.54) is 0 Å². The maximum Gasteiger partial charge on any atom is 0.220 e. The van der Waals surface area contributed by atoms with Crippen LogP contribution in [0, 0.1) is 0 Å². The van der Waals surface area contributed by atoms with Gasteiger partial charge in [0.1, 0.15) is 0 Å². The molecule has 0 saturated carbocycles. The van der Waals surface area contributed by atoms with Gasteiger partial charge in [-0.05, 0) is 12.8 Å². The van der Waals surface area contributed by atoms with E-state index < -0.39 is 0 Å². The van der Waals surface area contributed by atoms with Crippen LogP contribution in [0.25, 0.3) is 0 Å². The van der Waals surface area contributed by atoms with Gasteiger partial charge in [0.2, 0.25) is 11.8 Å². The molecule has 0 aromatic rings. The van der Waals surface area contributed by atoms with E-state index in [1.54, 1.807) is 0 Å². The fraction of sp³-hybridized carbons (Fsp3) is 0.818. The Morgan fingerprint density at radius 1 is 0.765 bits per heavy atom. The maximum atomic E-state index is 11.2. The van der Waals surface area contributed by atoms with Crippen molar-refractivity contribution in [1.29, 1.82) is 0 Å². The molecule has 0 saturated heterocycles. The molecule has 6 nitrogen and oxygen atoms in total. The van der Waals surface area contributed by atoms with Crippen molar-refractivity contribution in [2.24, 2.45) is 11.5 Å². The SMILES string of the molecule is NCCNC(=O)CCCCCC(=O)NCCN. The number of hydrogen-bond donors (Lipinski definition) is 4. The molecule has 0 spiro atoms. The lowest BCUT2D eigenvalue weighted by molar-refractivity contribution is -0.121. The van der Waals surface area contributed by atoms with Gasteiger partial charge in [-0.2, -0.15) is 0 Å². The Morgan fingerprint density at radius 3 is 1.53 bits per heavy atom. The van der Waals surface area contributed by atoms with Gasteiger partial charge < -0.3 is 22.1 Å². The number of nitrogens with one attached hydrogen (secondary N) is 2. The molecular weight excluding hydrogens is 220 g/mol. The van der Waals surface area contributed by atoms with Crippen LogP contribution >= 0.6 is 0 Å². The highest BCUT2D eigenvalue weighted by molar-refractivity contribution is 5.76. The average Bonchev–Trinajstić information content (AvgIpc) is 2.33. The fourth-order valence-electron chi connectivity index (χ4n) is 1.35. The summed E-state index contributed by atoms with van der Waals surface area (Å²) in [4.78, 5) is 22.4. The highest BCUT2D eigenvalue weighted by Crippen LogP contribution is 2.02. The Bertz CT molecular complexity index is 200. The first-order valence-electron chi connectivity index (χ1n) is 6.14. The number of nitrogens with two attached hydrogens (primary N) is 2. The van der Waals surface area contributed by atoms with E-state index in [9.17, 15) is 9.59 Å².